The lowest BCUT2D eigenvalue weighted by molar-refractivity contribution is 0.229. The van der Waals surface area contributed by atoms with Crippen molar-refractivity contribution in [1.82, 2.24) is 25.1 Å². The van der Waals surface area contributed by atoms with Gasteiger partial charge in [-0.2, -0.15) is 10.1 Å². The number of nitrogens with two attached hydrogens (primary N) is 1. The van der Waals surface area contributed by atoms with E-state index < -0.39 is 5.82 Å². The molecule has 0 spiro atoms. The summed E-state index contributed by atoms with van der Waals surface area (Å²) < 4.78 is 22.3. The molecule has 1 aliphatic rings. The van der Waals surface area contributed by atoms with Gasteiger partial charge < -0.3 is 30.9 Å². The Morgan fingerprint density at radius 3 is 2.71 bits per heavy atom. The van der Waals surface area contributed by atoms with Crippen molar-refractivity contribution in [2.75, 3.05) is 44.0 Å². The molecule has 5 N–H and O–H groups in total. The molecule has 1 fully saturated rings. The number of fused-ring (bicyclic) bond motifs is 1. The van der Waals surface area contributed by atoms with Crippen LogP contribution in [-0.4, -0.2) is 68.9 Å². The molecule has 3 aromatic rings. The minimum atomic E-state index is -0.398. The van der Waals surface area contributed by atoms with Crippen LogP contribution in [0.25, 0.3) is 11.0 Å². The van der Waals surface area contributed by atoms with Crippen LogP contribution in [-0.2, 0) is 13.1 Å². The number of aliphatic hydroxyl groups is 2. The Labute approximate surface area is 203 Å². The zero-order chi connectivity index (χ0) is 25.0. The third kappa shape index (κ3) is 5.63. The van der Waals surface area contributed by atoms with Gasteiger partial charge in [0.2, 0.25) is 5.95 Å². The fraction of sp³-hybridized carbons (Fsp3) is 0.542. The van der Waals surface area contributed by atoms with Crippen LogP contribution in [0.5, 0.6) is 5.75 Å². The predicted molar refractivity (Wildman–Crippen MR) is 132 cm³/mol. The number of rotatable bonds is 13. The molecule has 11 heteroatoms. The van der Waals surface area contributed by atoms with Crippen LogP contribution >= 0.6 is 0 Å². The molecule has 1 saturated carbocycles. The van der Waals surface area contributed by atoms with Crippen molar-refractivity contribution in [3.05, 3.63) is 35.3 Å². The molecule has 0 unspecified atom stereocenters. The van der Waals surface area contributed by atoms with Crippen molar-refractivity contribution in [3.8, 4) is 5.75 Å². The summed E-state index contributed by atoms with van der Waals surface area (Å²) in [5.41, 5.74) is 7.92. The van der Waals surface area contributed by atoms with Crippen LogP contribution in [0.3, 0.4) is 0 Å². The summed E-state index contributed by atoms with van der Waals surface area (Å²) in [4.78, 5) is 10.6. The minimum Gasteiger partial charge on any atom is -0.496 e. The number of aromatic nitrogens is 4. The molecule has 2 aromatic heterocycles. The van der Waals surface area contributed by atoms with Gasteiger partial charge in [0.15, 0.2) is 11.3 Å². The van der Waals surface area contributed by atoms with Gasteiger partial charge in [-0.3, -0.25) is 4.68 Å². The standard InChI is InChI=1S/C24H34FN7O3/c1-3-4-7-31(8-9-33)22-21-19(28-23(26)29-22)14-32(30-21)13-17-18(25)10-16(11-20(17)35-2)12-27-24(15-34)5-6-24/h10-11,14,27,33-34H,3-9,12-13,15H2,1-2H3,(H2,26,28). The molecule has 0 radical (unpaired) electrons. The number of halogens is 1. The lowest BCUT2D eigenvalue weighted by Gasteiger charge is -2.22. The fourth-order valence-corrected chi connectivity index (χ4v) is 4.15. The summed E-state index contributed by atoms with van der Waals surface area (Å²) in [6.45, 7) is 3.80. The number of ether oxygens (including phenoxy) is 1. The van der Waals surface area contributed by atoms with Gasteiger partial charge in [-0.25, -0.2) is 9.37 Å². The van der Waals surface area contributed by atoms with E-state index in [1.807, 2.05) is 4.90 Å². The highest BCUT2D eigenvalue weighted by atomic mass is 19.1. The van der Waals surface area contributed by atoms with Gasteiger partial charge in [0.25, 0.3) is 0 Å². The van der Waals surface area contributed by atoms with Gasteiger partial charge in [-0.05, 0) is 37.0 Å². The molecule has 0 bridgehead atoms. The number of nitrogens with one attached hydrogen (secondary N) is 1. The third-order valence-electron chi connectivity index (χ3n) is 6.44. The van der Waals surface area contributed by atoms with Crippen molar-refractivity contribution in [2.24, 2.45) is 0 Å². The molecule has 4 rings (SSSR count). The number of aliphatic hydroxyl groups excluding tert-OH is 2. The summed E-state index contributed by atoms with van der Waals surface area (Å²) in [7, 11) is 1.51. The molecule has 190 valence electrons. The number of hydrogen-bond acceptors (Lipinski definition) is 9. The summed E-state index contributed by atoms with van der Waals surface area (Å²) in [5, 5.41) is 27.0. The summed E-state index contributed by atoms with van der Waals surface area (Å²) in [6.07, 6.45) is 5.45. The minimum absolute atomic E-state index is 0.0289. The number of anilines is 2. The second-order valence-electron chi connectivity index (χ2n) is 9.08. The van der Waals surface area contributed by atoms with Crippen LogP contribution in [0.2, 0.25) is 0 Å². The number of unbranched alkanes of at least 4 members (excludes halogenated alkanes) is 1. The molecule has 0 saturated heterocycles. The summed E-state index contributed by atoms with van der Waals surface area (Å²) in [5.74, 6) is 0.694. The van der Waals surface area contributed by atoms with E-state index in [1.165, 1.54) is 13.2 Å². The van der Waals surface area contributed by atoms with E-state index in [1.54, 1.807) is 16.9 Å². The lowest BCUT2D eigenvalue weighted by atomic mass is 10.1. The average molecular weight is 488 g/mol. The third-order valence-corrected chi connectivity index (χ3v) is 6.44. The highest BCUT2D eigenvalue weighted by Gasteiger charge is 2.41. The molecule has 35 heavy (non-hydrogen) atoms. The predicted octanol–water partition coefficient (Wildman–Crippen LogP) is 1.82. The first-order chi connectivity index (χ1) is 16.9. The lowest BCUT2D eigenvalue weighted by Crippen LogP contribution is -2.34. The first-order valence-corrected chi connectivity index (χ1v) is 12.0. The highest BCUT2D eigenvalue weighted by Crippen LogP contribution is 2.35. The SMILES string of the molecule is CCCCN(CCO)c1nc(N)nc2cn(Cc3c(F)cc(CNC4(CO)CC4)cc3OC)nc12. The van der Waals surface area contributed by atoms with E-state index in [4.69, 9.17) is 10.5 Å². The van der Waals surface area contributed by atoms with Gasteiger partial charge in [-0.15, -0.1) is 0 Å². The number of hydrogen-bond donors (Lipinski definition) is 4. The molecule has 1 aliphatic carbocycles. The molecular formula is C24H34FN7O3. The van der Waals surface area contributed by atoms with Crippen LogP contribution in [0.15, 0.2) is 18.3 Å². The number of benzene rings is 1. The Hall–Kier alpha value is -3.02. The molecular weight excluding hydrogens is 453 g/mol. The zero-order valence-corrected chi connectivity index (χ0v) is 20.3. The highest BCUT2D eigenvalue weighted by molar-refractivity contribution is 5.86. The molecule has 1 aromatic carbocycles. The van der Waals surface area contributed by atoms with E-state index in [-0.39, 0.29) is 31.2 Å². The van der Waals surface area contributed by atoms with Crippen LogP contribution in [0.1, 0.15) is 43.7 Å². The number of nitrogens with zero attached hydrogens (tertiary/aromatic N) is 5. The van der Waals surface area contributed by atoms with Gasteiger partial charge in [0.1, 0.15) is 17.1 Å². The average Bonchev–Trinajstić information content (AvgIpc) is 3.52. The Morgan fingerprint density at radius 2 is 2.06 bits per heavy atom. The Balaban J connectivity index is 1.61. The quantitative estimate of drug-likeness (QED) is 0.285. The van der Waals surface area contributed by atoms with Gasteiger partial charge in [0, 0.05) is 25.2 Å². The van der Waals surface area contributed by atoms with Gasteiger partial charge >= 0.3 is 0 Å². The maximum Gasteiger partial charge on any atom is 0.222 e. The van der Waals surface area contributed by atoms with Crippen molar-refractivity contribution >= 4 is 22.8 Å². The first kappa shape index (κ1) is 25.1. The Kier molecular flexibility index (Phi) is 7.68. The van der Waals surface area contributed by atoms with Gasteiger partial charge in [-0.1, -0.05) is 13.3 Å². The summed E-state index contributed by atoms with van der Waals surface area (Å²) in [6, 6.07) is 3.29. The maximum absolute atomic E-state index is 15.2. The van der Waals surface area contributed by atoms with E-state index in [2.05, 4.69) is 27.3 Å². The first-order valence-electron chi connectivity index (χ1n) is 12.0. The van der Waals surface area contributed by atoms with Crippen molar-refractivity contribution in [3.63, 3.8) is 0 Å². The maximum atomic E-state index is 15.2. The fourth-order valence-electron chi connectivity index (χ4n) is 4.15. The second kappa shape index (κ2) is 10.7. The second-order valence-corrected chi connectivity index (χ2v) is 9.08. The molecule has 0 aliphatic heterocycles. The molecule has 0 atom stereocenters. The van der Waals surface area contributed by atoms with E-state index in [9.17, 15) is 10.2 Å². The topological polar surface area (TPSA) is 135 Å². The van der Waals surface area contributed by atoms with Crippen LogP contribution < -0.4 is 20.7 Å². The zero-order valence-electron chi connectivity index (χ0n) is 20.3. The van der Waals surface area contributed by atoms with Crippen molar-refractivity contribution < 1.29 is 19.3 Å². The van der Waals surface area contributed by atoms with Crippen LogP contribution in [0.4, 0.5) is 16.2 Å². The Bertz CT molecular complexity index is 1170. The van der Waals surface area contributed by atoms with Crippen molar-refractivity contribution in [1.29, 1.82) is 0 Å². The summed E-state index contributed by atoms with van der Waals surface area (Å²) >= 11 is 0. The Morgan fingerprint density at radius 1 is 1.26 bits per heavy atom. The monoisotopic (exact) mass is 487 g/mol. The molecule has 10 nitrogen and oxygen atoms in total. The molecule has 0 amide bonds. The largest absolute Gasteiger partial charge is 0.496 e. The number of methoxy groups -OCH3 is 1. The van der Waals surface area contributed by atoms with E-state index in [0.717, 1.165) is 31.2 Å². The molecule has 2 heterocycles. The smallest absolute Gasteiger partial charge is 0.222 e. The van der Waals surface area contributed by atoms with E-state index >= 15 is 4.39 Å². The number of nitrogen functional groups attached to an aromatic ring is 1. The van der Waals surface area contributed by atoms with E-state index in [0.29, 0.717) is 47.8 Å². The van der Waals surface area contributed by atoms with Crippen LogP contribution in [0, 0.1) is 5.82 Å². The normalized spacial score (nSPS) is 14.4. The van der Waals surface area contributed by atoms with Crippen molar-refractivity contribution in [2.45, 2.75) is 51.2 Å². The van der Waals surface area contributed by atoms with Gasteiger partial charge in [0.05, 0.1) is 38.6 Å².